The first-order valence-corrected chi connectivity index (χ1v) is 12.9. The van der Waals surface area contributed by atoms with Crippen molar-refractivity contribution in [1.29, 1.82) is 0 Å². The summed E-state index contributed by atoms with van der Waals surface area (Å²) in [6.45, 7) is 11.9. The lowest BCUT2D eigenvalue weighted by atomic mass is 9.92. The van der Waals surface area contributed by atoms with Crippen LogP contribution in [0.15, 0.2) is 0 Å². The Kier molecular flexibility index (Phi) is 5.71. The molecular formula is C17H32O3SSi. The van der Waals surface area contributed by atoms with Gasteiger partial charge < -0.3 is 4.43 Å². The van der Waals surface area contributed by atoms with Gasteiger partial charge >= 0.3 is 0 Å². The van der Waals surface area contributed by atoms with Crippen LogP contribution >= 0.6 is 0 Å². The molecule has 22 heavy (non-hydrogen) atoms. The minimum Gasteiger partial charge on any atom is -0.417 e. The fourth-order valence-corrected chi connectivity index (χ4v) is 6.50. The molecule has 2 aliphatic rings. The van der Waals surface area contributed by atoms with Crippen molar-refractivity contribution in [2.24, 2.45) is 5.92 Å². The molecule has 2 heterocycles. The van der Waals surface area contributed by atoms with E-state index < -0.39 is 19.1 Å². The molecule has 0 aliphatic carbocycles. The Morgan fingerprint density at radius 3 is 2.23 bits per heavy atom. The zero-order valence-corrected chi connectivity index (χ0v) is 16.6. The Bertz CT molecular complexity index is 426. The van der Waals surface area contributed by atoms with Gasteiger partial charge in [0.2, 0.25) is 0 Å². The van der Waals surface area contributed by atoms with Crippen LogP contribution in [-0.4, -0.2) is 35.4 Å². The summed E-state index contributed by atoms with van der Waals surface area (Å²) >= 11 is 0. The third kappa shape index (κ3) is 4.09. The Balaban J connectivity index is 1.72. The first-order chi connectivity index (χ1) is 10.1. The van der Waals surface area contributed by atoms with Gasteiger partial charge in [-0.2, -0.15) is 0 Å². The van der Waals surface area contributed by atoms with Crippen LogP contribution < -0.4 is 0 Å². The molecule has 0 aromatic rings. The Morgan fingerprint density at radius 1 is 1.18 bits per heavy atom. The van der Waals surface area contributed by atoms with Crippen LogP contribution in [0.25, 0.3) is 0 Å². The molecule has 2 bridgehead atoms. The van der Waals surface area contributed by atoms with E-state index in [-0.39, 0.29) is 11.0 Å². The number of Topliss-reactive ketones (excluding diaryl/α,β-unsaturated/α-hetero) is 1. The summed E-state index contributed by atoms with van der Waals surface area (Å²) in [6, 6.07) is 0. The van der Waals surface area contributed by atoms with E-state index in [2.05, 4.69) is 33.9 Å². The number of hydrogen-bond acceptors (Lipinski definition) is 3. The van der Waals surface area contributed by atoms with Gasteiger partial charge in [0.05, 0.1) is 0 Å². The van der Waals surface area contributed by atoms with Crippen molar-refractivity contribution in [2.75, 3.05) is 6.61 Å². The van der Waals surface area contributed by atoms with Crippen molar-refractivity contribution in [1.82, 2.24) is 0 Å². The van der Waals surface area contributed by atoms with E-state index in [9.17, 15) is 9.00 Å². The summed E-state index contributed by atoms with van der Waals surface area (Å²) in [4.78, 5) is 12.4. The molecule has 2 rings (SSSR count). The van der Waals surface area contributed by atoms with Gasteiger partial charge in [0.15, 0.2) is 8.32 Å². The molecule has 0 aromatic heterocycles. The fraction of sp³-hybridized carbons (Fsp3) is 0.941. The van der Waals surface area contributed by atoms with Crippen molar-refractivity contribution in [2.45, 2.75) is 87.9 Å². The van der Waals surface area contributed by atoms with Gasteiger partial charge in [0, 0.05) is 40.2 Å². The zero-order chi connectivity index (χ0) is 16.5. The minimum atomic E-state index is -1.69. The third-order valence-electron chi connectivity index (χ3n) is 5.85. The molecule has 0 aromatic carbocycles. The van der Waals surface area contributed by atoms with E-state index in [1.807, 2.05) is 0 Å². The number of ketones is 1. The second kappa shape index (κ2) is 6.86. The van der Waals surface area contributed by atoms with Gasteiger partial charge in [-0.15, -0.1) is 0 Å². The van der Waals surface area contributed by atoms with Crippen LogP contribution in [0.1, 0.15) is 59.3 Å². The SMILES string of the molecule is CC(C)(C)[Si](C)(C)OCCCC(=O)C1CC2CCC(C1)S2=O. The normalized spacial score (nSPS) is 32.2. The summed E-state index contributed by atoms with van der Waals surface area (Å²) in [5.74, 6) is 0.551. The van der Waals surface area contributed by atoms with Crippen molar-refractivity contribution < 1.29 is 13.4 Å². The number of hydrogen-bond donors (Lipinski definition) is 0. The first-order valence-electron chi connectivity index (χ1n) is 8.68. The van der Waals surface area contributed by atoms with E-state index in [0.717, 1.165) is 32.1 Å². The van der Waals surface area contributed by atoms with E-state index in [1.54, 1.807) is 0 Å². The van der Waals surface area contributed by atoms with Crippen LogP contribution in [0.2, 0.25) is 18.1 Å². The fourth-order valence-electron chi connectivity index (χ4n) is 3.29. The van der Waals surface area contributed by atoms with Crippen molar-refractivity contribution in [3.8, 4) is 0 Å². The summed E-state index contributed by atoms with van der Waals surface area (Å²) in [5, 5.41) is 0.830. The van der Waals surface area contributed by atoms with Gasteiger partial charge in [0.25, 0.3) is 0 Å². The highest BCUT2D eigenvalue weighted by molar-refractivity contribution is 7.86. The average Bonchev–Trinajstić information content (AvgIpc) is 2.64. The van der Waals surface area contributed by atoms with Gasteiger partial charge in [0.1, 0.15) is 5.78 Å². The van der Waals surface area contributed by atoms with Crippen LogP contribution in [0.5, 0.6) is 0 Å². The average molecular weight is 345 g/mol. The van der Waals surface area contributed by atoms with Crippen LogP contribution in [0.3, 0.4) is 0 Å². The Hall–Kier alpha value is -0.00312. The molecule has 0 amide bonds. The summed E-state index contributed by atoms with van der Waals surface area (Å²) in [6.07, 6.45) is 5.33. The lowest BCUT2D eigenvalue weighted by Crippen LogP contribution is -2.41. The molecule has 2 atom stereocenters. The highest BCUT2D eigenvalue weighted by atomic mass is 32.2. The molecule has 128 valence electrons. The molecule has 5 heteroatoms. The van der Waals surface area contributed by atoms with Gasteiger partial charge in [-0.3, -0.25) is 9.00 Å². The van der Waals surface area contributed by atoms with E-state index in [4.69, 9.17) is 4.43 Å². The highest BCUT2D eigenvalue weighted by Crippen LogP contribution is 2.39. The Labute approximate surface area is 139 Å². The monoisotopic (exact) mass is 344 g/mol. The Morgan fingerprint density at radius 2 is 1.73 bits per heavy atom. The number of rotatable bonds is 6. The summed E-state index contributed by atoms with van der Waals surface area (Å²) in [5.41, 5.74) is 0. The third-order valence-corrected chi connectivity index (χ3v) is 12.6. The smallest absolute Gasteiger partial charge is 0.191 e. The summed E-state index contributed by atoms with van der Waals surface area (Å²) < 4.78 is 18.1. The lowest BCUT2D eigenvalue weighted by molar-refractivity contribution is -0.123. The maximum absolute atomic E-state index is 12.4. The van der Waals surface area contributed by atoms with E-state index in [0.29, 0.717) is 29.3 Å². The van der Waals surface area contributed by atoms with Crippen LogP contribution in [0.4, 0.5) is 0 Å². The molecule has 0 spiro atoms. The molecular weight excluding hydrogens is 312 g/mol. The number of carbonyl (C=O) groups excluding carboxylic acids is 1. The number of carbonyl (C=O) groups is 1. The molecule has 2 fully saturated rings. The molecule has 3 nitrogen and oxygen atoms in total. The standard InChI is InChI=1S/C17H32O3SSi/c1-17(2,3)22(4,5)20-10-6-7-16(18)13-11-14-8-9-15(12-13)21(14)19/h13-15H,6-12H2,1-5H3. The number of fused-ring (bicyclic) bond motifs is 2. The quantitative estimate of drug-likeness (QED) is 0.539. The van der Waals surface area contributed by atoms with Crippen molar-refractivity contribution in [3.63, 3.8) is 0 Å². The molecule has 2 saturated heterocycles. The highest BCUT2D eigenvalue weighted by Gasteiger charge is 2.42. The maximum Gasteiger partial charge on any atom is 0.191 e. The van der Waals surface area contributed by atoms with Gasteiger partial charge in [-0.25, -0.2) is 0 Å². The first kappa shape index (κ1) is 18.3. The van der Waals surface area contributed by atoms with Crippen molar-refractivity contribution in [3.05, 3.63) is 0 Å². The molecule has 0 radical (unpaired) electrons. The predicted octanol–water partition coefficient (Wildman–Crippen LogP) is 4.05. The van der Waals surface area contributed by atoms with Crippen LogP contribution in [-0.2, 0) is 20.0 Å². The second-order valence-electron chi connectivity index (χ2n) is 8.50. The van der Waals surface area contributed by atoms with Gasteiger partial charge in [-0.1, -0.05) is 20.8 Å². The lowest BCUT2D eigenvalue weighted by Gasteiger charge is -2.36. The van der Waals surface area contributed by atoms with E-state index >= 15 is 0 Å². The van der Waals surface area contributed by atoms with E-state index in [1.165, 1.54) is 0 Å². The zero-order valence-electron chi connectivity index (χ0n) is 14.8. The minimum absolute atomic E-state index is 0.170. The summed E-state index contributed by atoms with van der Waals surface area (Å²) in [7, 11) is -2.35. The largest absolute Gasteiger partial charge is 0.417 e. The van der Waals surface area contributed by atoms with Crippen molar-refractivity contribution >= 4 is 24.9 Å². The molecule has 0 N–H and O–H groups in total. The second-order valence-corrected chi connectivity index (χ2v) is 15.3. The van der Waals surface area contributed by atoms with Gasteiger partial charge in [-0.05, 0) is 50.2 Å². The molecule has 2 unspecified atom stereocenters. The molecule has 2 aliphatic heterocycles. The van der Waals surface area contributed by atoms with Crippen LogP contribution in [0, 0.1) is 5.92 Å². The topological polar surface area (TPSA) is 43.4 Å². The maximum atomic E-state index is 12.4. The predicted molar refractivity (Wildman–Crippen MR) is 95.1 cm³/mol. The molecule has 0 saturated carbocycles.